The molecule has 1 aromatic carbocycles. The predicted molar refractivity (Wildman–Crippen MR) is 116 cm³/mol. The molecule has 0 atom stereocenters. The molecule has 1 aromatic heterocycles. The average molecular weight is 450 g/mol. The number of aromatic nitrogens is 3. The summed E-state index contributed by atoms with van der Waals surface area (Å²) in [5, 5.41) is 11.0. The second kappa shape index (κ2) is 11.9. The number of piperidine rings is 1. The van der Waals surface area contributed by atoms with Crippen molar-refractivity contribution < 1.29 is 23.4 Å². The topological polar surface area (TPSA) is 90.7 Å². The van der Waals surface area contributed by atoms with Crippen LogP contribution in [0.3, 0.4) is 0 Å². The second-order valence-electron chi connectivity index (χ2n) is 7.66. The number of hydrogen-bond donors (Lipinski definition) is 1. The Labute approximate surface area is 187 Å². The molecule has 0 unspecified atom stereocenters. The summed E-state index contributed by atoms with van der Waals surface area (Å²) in [7, 11) is 1.45. The zero-order valence-electron chi connectivity index (χ0n) is 18.9. The van der Waals surface area contributed by atoms with Crippen LogP contribution in [0.4, 0.5) is 4.39 Å². The van der Waals surface area contributed by atoms with Gasteiger partial charge < -0.3 is 19.5 Å². The molecule has 0 radical (unpaired) electrons. The number of rotatable bonds is 11. The van der Waals surface area contributed by atoms with Crippen LogP contribution in [0.15, 0.2) is 24.4 Å². The Morgan fingerprint density at radius 2 is 1.97 bits per heavy atom. The van der Waals surface area contributed by atoms with Gasteiger partial charge in [-0.2, -0.15) is 0 Å². The first kappa shape index (κ1) is 24.1. The van der Waals surface area contributed by atoms with Crippen LogP contribution in [0.5, 0.6) is 5.75 Å². The summed E-state index contributed by atoms with van der Waals surface area (Å²) in [6.45, 7) is 7.51. The van der Waals surface area contributed by atoms with E-state index in [0.717, 1.165) is 31.5 Å². The van der Waals surface area contributed by atoms with Gasteiger partial charge in [-0.25, -0.2) is 9.07 Å². The van der Waals surface area contributed by atoms with E-state index in [4.69, 9.17) is 14.2 Å². The summed E-state index contributed by atoms with van der Waals surface area (Å²) >= 11 is 0. The van der Waals surface area contributed by atoms with Crippen LogP contribution in [0, 0.1) is 5.82 Å². The number of nitrogens with one attached hydrogen (secondary N) is 1. The lowest BCUT2D eigenvalue weighted by molar-refractivity contribution is -0.145. The molecule has 1 N–H and O–H groups in total. The molecule has 2 heterocycles. The van der Waals surface area contributed by atoms with Gasteiger partial charge >= 0.3 is 0 Å². The van der Waals surface area contributed by atoms with Crippen molar-refractivity contribution >= 4 is 5.91 Å². The molecular formula is C22H32FN5O4. The maximum atomic E-state index is 13.9. The normalized spacial score (nSPS) is 15.3. The van der Waals surface area contributed by atoms with Gasteiger partial charge in [0.25, 0.3) is 5.91 Å². The third kappa shape index (κ3) is 6.72. The van der Waals surface area contributed by atoms with Gasteiger partial charge in [0, 0.05) is 38.9 Å². The Balaban J connectivity index is 1.45. The molecule has 0 saturated carbocycles. The van der Waals surface area contributed by atoms with Gasteiger partial charge in [0.15, 0.2) is 23.6 Å². The first-order valence-corrected chi connectivity index (χ1v) is 11.0. The van der Waals surface area contributed by atoms with Crippen LogP contribution in [-0.2, 0) is 22.6 Å². The Morgan fingerprint density at radius 3 is 2.59 bits per heavy atom. The zero-order chi connectivity index (χ0) is 22.9. The molecule has 32 heavy (non-hydrogen) atoms. The van der Waals surface area contributed by atoms with Gasteiger partial charge in [-0.3, -0.25) is 9.69 Å². The molecule has 0 aliphatic carbocycles. The lowest BCUT2D eigenvalue weighted by atomic mass is 10.0. The Bertz CT molecular complexity index is 864. The number of halogens is 1. The molecule has 1 saturated heterocycles. The summed E-state index contributed by atoms with van der Waals surface area (Å²) in [5.41, 5.74) is 1.17. The number of nitrogens with zero attached hydrogens (tertiary/aromatic N) is 4. The zero-order valence-corrected chi connectivity index (χ0v) is 18.9. The highest BCUT2D eigenvalue weighted by atomic mass is 19.1. The van der Waals surface area contributed by atoms with Crippen molar-refractivity contribution in [1.82, 2.24) is 25.2 Å². The fourth-order valence-electron chi connectivity index (χ4n) is 3.73. The van der Waals surface area contributed by atoms with E-state index in [2.05, 4.69) is 20.5 Å². The third-order valence-corrected chi connectivity index (χ3v) is 5.36. The van der Waals surface area contributed by atoms with Crippen molar-refractivity contribution in [3.05, 3.63) is 41.5 Å². The van der Waals surface area contributed by atoms with Gasteiger partial charge in [-0.1, -0.05) is 11.3 Å². The maximum Gasteiger partial charge on any atom is 0.273 e. The van der Waals surface area contributed by atoms with Gasteiger partial charge in [-0.05, 0) is 44.4 Å². The molecule has 3 rings (SSSR count). The highest BCUT2D eigenvalue weighted by Gasteiger charge is 2.23. The minimum atomic E-state index is -0.425. The first-order valence-electron chi connectivity index (χ1n) is 11.0. The summed E-state index contributed by atoms with van der Waals surface area (Å²) in [4.78, 5) is 14.8. The Kier molecular flexibility index (Phi) is 8.95. The number of likely N-dealkylation sites (tertiary alicyclic amines) is 1. The first-order chi connectivity index (χ1) is 15.5. The van der Waals surface area contributed by atoms with E-state index in [1.165, 1.54) is 13.2 Å². The van der Waals surface area contributed by atoms with E-state index < -0.39 is 6.29 Å². The van der Waals surface area contributed by atoms with Gasteiger partial charge in [0.05, 0.1) is 19.9 Å². The minimum Gasteiger partial charge on any atom is -0.494 e. The SMILES string of the molecule is CCOC(Cn1cc(C(=O)NC2CCN(Cc3ccc(OC)c(F)c3)CC2)nn1)OCC. The highest BCUT2D eigenvalue weighted by molar-refractivity contribution is 5.92. The van der Waals surface area contributed by atoms with Crippen LogP contribution in [0.25, 0.3) is 0 Å². The van der Waals surface area contributed by atoms with Crippen LogP contribution in [0.2, 0.25) is 0 Å². The number of amides is 1. The largest absolute Gasteiger partial charge is 0.494 e. The fourth-order valence-corrected chi connectivity index (χ4v) is 3.73. The summed E-state index contributed by atoms with van der Waals surface area (Å²) < 4.78 is 31.4. The monoisotopic (exact) mass is 449 g/mol. The number of carbonyl (C=O) groups excluding carboxylic acids is 1. The number of ether oxygens (including phenoxy) is 3. The molecule has 1 aliphatic heterocycles. The highest BCUT2D eigenvalue weighted by Crippen LogP contribution is 2.20. The van der Waals surface area contributed by atoms with Crippen molar-refractivity contribution in [2.75, 3.05) is 33.4 Å². The van der Waals surface area contributed by atoms with Crippen molar-refractivity contribution in [3.8, 4) is 5.75 Å². The maximum absolute atomic E-state index is 13.9. The second-order valence-corrected chi connectivity index (χ2v) is 7.66. The molecule has 2 aromatic rings. The molecular weight excluding hydrogens is 417 g/mol. The molecule has 176 valence electrons. The number of benzene rings is 1. The molecule has 0 bridgehead atoms. The predicted octanol–water partition coefficient (Wildman–Crippen LogP) is 2.22. The quantitative estimate of drug-likeness (QED) is 0.526. The van der Waals surface area contributed by atoms with E-state index in [1.807, 2.05) is 19.9 Å². The van der Waals surface area contributed by atoms with E-state index in [9.17, 15) is 9.18 Å². The third-order valence-electron chi connectivity index (χ3n) is 5.36. The Morgan fingerprint density at radius 1 is 1.25 bits per heavy atom. The van der Waals surface area contributed by atoms with Crippen molar-refractivity contribution in [2.24, 2.45) is 0 Å². The molecule has 1 aliphatic rings. The molecule has 1 fully saturated rings. The van der Waals surface area contributed by atoms with Gasteiger partial charge in [0.1, 0.15) is 0 Å². The average Bonchev–Trinajstić information content (AvgIpc) is 3.24. The Hall–Kier alpha value is -2.56. The number of carbonyl (C=O) groups is 1. The van der Waals surface area contributed by atoms with Gasteiger partial charge in [-0.15, -0.1) is 5.10 Å². The van der Waals surface area contributed by atoms with Crippen molar-refractivity contribution in [2.45, 2.75) is 52.1 Å². The van der Waals surface area contributed by atoms with E-state index >= 15 is 0 Å². The molecule has 1 amide bonds. The van der Waals surface area contributed by atoms with Crippen LogP contribution in [0.1, 0.15) is 42.7 Å². The lowest BCUT2D eigenvalue weighted by Crippen LogP contribution is -2.44. The van der Waals surface area contributed by atoms with Crippen LogP contribution >= 0.6 is 0 Å². The van der Waals surface area contributed by atoms with E-state index in [0.29, 0.717) is 26.3 Å². The summed E-state index contributed by atoms with van der Waals surface area (Å²) in [6.07, 6.45) is 2.81. The van der Waals surface area contributed by atoms with Crippen LogP contribution < -0.4 is 10.1 Å². The minimum absolute atomic E-state index is 0.0658. The number of methoxy groups -OCH3 is 1. The molecule has 10 heteroatoms. The van der Waals surface area contributed by atoms with E-state index in [-0.39, 0.29) is 29.2 Å². The summed E-state index contributed by atoms with van der Waals surface area (Å²) in [5.74, 6) is -0.344. The van der Waals surface area contributed by atoms with Crippen molar-refractivity contribution in [3.63, 3.8) is 0 Å². The summed E-state index contributed by atoms with van der Waals surface area (Å²) in [6, 6.07) is 5.10. The standard InChI is InChI=1S/C22H32FN5O4/c1-4-31-21(32-5-2)15-28-14-19(25-26-28)22(29)24-17-8-10-27(11-9-17)13-16-6-7-20(30-3)18(23)12-16/h6-7,12,14,17,21H,4-5,8-11,13,15H2,1-3H3,(H,24,29). The van der Waals surface area contributed by atoms with Crippen LogP contribution in [-0.4, -0.2) is 71.5 Å². The molecule has 9 nitrogen and oxygen atoms in total. The molecule has 0 spiro atoms. The fraction of sp³-hybridized carbons (Fsp3) is 0.591. The number of hydrogen-bond acceptors (Lipinski definition) is 7. The smallest absolute Gasteiger partial charge is 0.273 e. The van der Waals surface area contributed by atoms with Crippen molar-refractivity contribution in [1.29, 1.82) is 0 Å². The van der Waals surface area contributed by atoms with Gasteiger partial charge in [0.2, 0.25) is 0 Å². The van der Waals surface area contributed by atoms with E-state index in [1.54, 1.807) is 16.9 Å². The lowest BCUT2D eigenvalue weighted by Gasteiger charge is -2.32.